The Balaban J connectivity index is 2.05. The van der Waals surface area contributed by atoms with Gasteiger partial charge in [0.1, 0.15) is 5.82 Å². The quantitative estimate of drug-likeness (QED) is 0.896. The number of nitrogens with zero attached hydrogens (tertiary/aromatic N) is 1. The summed E-state index contributed by atoms with van der Waals surface area (Å²) in [7, 11) is 0. The molecule has 2 unspecified atom stereocenters. The van der Waals surface area contributed by atoms with Crippen molar-refractivity contribution in [1.82, 2.24) is 4.98 Å². The number of aryl methyl sites for hydroxylation is 1. The molecule has 3 N–H and O–H groups in total. The predicted octanol–water partition coefficient (Wildman–Crippen LogP) is 2.66. The Kier molecular flexibility index (Phi) is 4.48. The molecule has 104 valence electrons. The van der Waals surface area contributed by atoms with Crippen molar-refractivity contribution in [1.29, 1.82) is 0 Å². The summed E-state index contributed by atoms with van der Waals surface area (Å²) in [5, 5.41) is 2.80. The van der Waals surface area contributed by atoms with Crippen molar-refractivity contribution in [2.75, 3.05) is 5.32 Å². The maximum absolute atomic E-state index is 12.2. The molecule has 2 rings (SSSR count). The van der Waals surface area contributed by atoms with E-state index in [0.717, 1.165) is 11.1 Å². The highest BCUT2D eigenvalue weighted by Gasteiger charge is 2.22. The van der Waals surface area contributed by atoms with E-state index in [1.807, 2.05) is 56.3 Å². The van der Waals surface area contributed by atoms with Gasteiger partial charge in [0.25, 0.3) is 0 Å². The number of pyridine rings is 1. The number of nitrogens with one attached hydrogen (secondary N) is 1. The molecule has 0 aliphatic heterocycles. The second kappa shape index (κ2) is 6.30. The van der Waals surface area contributed by atoms with E-state index in [0.29, 0.717) is 5.82 Å². The van der Waals surface area contributed by atoms with Crippen molar-refractivity contribution >= 4 is 11.7 Å². The van der Waals surface area contributed by atoms with Gasteiger partial charge in [0.05, 0.1) is 5.92 Å². The molecule has 2 aromatic rings. The normalized spacial score (nSPS) is 13.6. The molecule has 4 heteroatoms. The van der Waals surface area contributed by atoms with E-state index < -0.39 is 0 Å². The van der Waals surface area contributed by atoms with Crippen molar-refractivity contribution in [2.45, 2.75) is 19.9 Å². The van der Waals surface area contributed by atoms with Gasteiger partial charge in [-0.2, -0.15) is 0 Å². The lowest BCUT2D eigenvalue weighted by Crippen LogP contribution is -2.30. The Morgan fingerprint density at radius 1 is 1.25 bits per heavy atom. The summed E-state index contributed by atoms with van der Waals surface area (Å²) in [6.07, 6.45) is 1.67. The fourth-order valence-corrected chi connectivity index (χ4v) is 1.97. The molecule has 0 radical (unpaired) electrons. The summed E-state index contributed by atoms with van der Waals surface area (Å²) in [6.45, 7) is 3.78. The first kappa shape index (κ1) is 14.2. The van der Waals surface area contributed by atoms with Gasteiger partial charge in [-0.15, -0.1) is 0 Å². The summed E-state index contributed by atoms with van der Waals surface area (Å²) in [5.41, 5.74) is 8.14. The average molecular weight is 269 g/mol. The highest BCUT2D eigenvalue weighted by molar-refractivity contribution is 5.92. The predicted molar refractivity (Wildman–Crippen MR) is 80.1 cm³/mol. The van der Waals surface area contributed by atoms with Crippen molar-refractivity contribution in [3.8, 4) is 0 Å². The molecular formula is C16H19N3O. The molecule has 20 heavy (non-hydrogen) atoms. The van der Waals surface area contributed by atoms with Crippen molar-refractivity contribution in [2.24, 2.45) is 11.7 Å². The van der Waals surface area contributed by atoms with Gasteiger partial charge in [-0.05, 0) is 30.2 Å². The van der Waals surface area contributed by atoms with Gasteiger partial charge in [-0.3, -0.25) is 4.79 Å². The van der Waals surface area contributed by atoms with Crippen molar-refractivity contribution in [3.63, 3.8) is 0 Å². The SMILES string of the molecule is Cc1ccnc(NC(=O)C(C)C(N)c2ccccc2)c1. The van der Waals surface area contributed by atoms with Crippen LogP contribution in [-0.2, 0) is 4.79 Å². The van der Waals surface area contributed by atoms with E-state index in [-0.39, 0.29) is 17.9 Å². The maximum Gasteiger partial charge on any atom is 0.230 e. The zero-order chi connectivity index (χ0) is 14.5. The second-order valence-corrected chi connectivity index (χ2v) is 4.93. The Morgan fingerprint density at radius 2 is 1.95 bits per heavy atom. The number of amides is 1. The molecule has 0 fully saturated rings. The van der Waals surface area contributed by atoms with E-state index in [1.165, 1.54) is 0 Å². The molecule has 1 aromatic carbocycles. The number of aromatic nitrogens is 1. The average Bonchev–Trinajstić information content (AvgIpc) is 2.46. The molecule has 0 saturated carbocycles. The van der Waals surface area contributed by atoms with Crippen LogP contribution in [0.2, 0.25) is 0 Å². The van der Waals surface area contributed by atoms with Gasteiger partial charge < -0.3 is 11.1 Å². The Hall–Kier alpha value is -2.20. The van der Waals surface area contributed by atoms with Crippen LogP contribution in [0, 0.1) is 12.8 Å². The van der Waals surface area contributed by atoms with Crippen LogP contribution in [0.5, 0.6) is 0 Å². The molecule has 0 spiro atoms. The van der Waals surface area contributed by atoms with E-state index in [1.54, 1.807) is 6.20 Å². The highest BCUT2D eigenvalue weighted by Crippen LogP contribution is 2.20. The minimum atomic E-state index is -0.334. The molecule has 1 heterocycles. The molecule has 0 aliphatic rings. The Morgan fingerprint density at radius 3 is 2.60 bits per heavy atom. The second-order valence-electron chi connectivity index (χ2n) is 4.93. The van der Waals surface area contributed by atoms with Crippen LogP contribution in [-0.4, -0.2) is 10.9 Å². The third-order valence-corrected chi connectivity index (χ3v) is 3.30. The third kappa shape index (κ3) is 3.42. The van der Waals surface area contributed by atoms with Crippen LogP contribution in [0.4, 0.5) is 5.82 Å². The lowest BCUT2D eigenvalue weighted by molar-refractivity contribution is -0.120. The van der Waals surface area contributed by atoms with E-state index >= 15 is 0 Å². The van der Waals surface area contributed by atoms with E-state index in [2.05, 4.69) is 10.3 Å². The fourth-order valence-electron chi connectivity index (χ4n) is 1.97. The molecule has 1 amide bonds. The fraction of sp³-hybridized carbons (Fsp3) is 0.250. The van der Waals surface area contributed by atoms with Gasteiger partial charge in [0.2, 0.25) is 5.91 Å². The van der Waals surface area contributed by atoms with Crippen LogP contribution in [0.25, 0.3) is 0 Å². The summed E-state index contributed by atoms with van der Waals surface area (Å²) in [4.78, 5) is 16.3. The smallest absolute Gasteiger partial charge is 0.230 e. The topological polar surface area (TPSA) is 68.0 Å². The molecule has 1 aromatic heterocycles. The van der Waals surface area contributed by atoms with Crippen LogP contribution < -0.4 is 11.1 Å². The summed E-state index contributed by atoms with van der Waals surface area (Å²) >= 11 is 0. The first-order valence-electron chi connectivity index (χ1n) is 6.62. The molecule has 4 nitrogen and oxygen atoms in total. The van der Waals surface area contributed by atoms with Gasteiger partial charge >= 0.3 is 0 Å². The minimum Gasteiger partial charge on any atom is -0.323 e. The minimum absolute atomic E-state index is 0.126. The first-order valence-corrected chi connectivity index (χ1v) is 6.62. The molecular weight excluding hydrogens is 250 g/mol. The van der Waals surface area contributed by atoms with E-state index in [9.17, 15) is 4.79 Å². The van der Waals surface area contributed by atoms with Crippen molar-refractivity contribution < 1.29 is 4.79 Å². The number of hydrogen-bond donors (Lipinski definition) is 2. The van der Waals surface area contributed by atoms with Crippen LogP contribution in [0.3, 0.4) is 0 Å². The summed E-state index contributed by atoms with van der Waals surface area (Å²) in [5.74, 6) is 0.0984. The number of carbonyl (C=O) groups is 1. The monoisotopic (exact) mass is 269 g/mol. The number of nitrogens with two attached hydrogens (primary N) is 1. The first-order chi connectivity index (χ1) is 9.58. The van der Waals surface area contributed by atoms with Crippen LogP contribution in [0.15, 0.2) is 48.7 Å². The lowest BCUT2D eigenvalue weighted by atomic mass is 9.95. The van der Waals surface area contributed by atoms with Crippen LogP contribution >= 0.6 is 0 Å². The zero-order valence-electron chi connectivity index (χ0n) is 11.7. The van der Waals surface area contributed by atoms with Gasteiger partial charge in [0, 0.05) is 12.2 Å². The molecule has 0 saturated heterocycles. The third-order valence-electron chi connectivity index (χ3n) is 3.30. The van der Waals surface area contributed by atoms with Gasteiger partial charge in [-0.25, -0.2) is 4.98 Å². The summed E-state index contributed by atoms with van der Waals surface area (Å²) < 4.78 is 0. The summed E-state index contributed by atoms with van der Waals surface area (Å²) in [6, 6.07) is 13.0. The van der Waals surface area contributed by atoms with Gasteiger partial charge in [0.15, 0.2) is 0 Å². The molecule has 0 bridgehead atoms. The van der Waals surface area contributed by atoms with E-state index in [4.69, 9.17) is 5.73 Å². The van der Waals surface area contributed by atoms with Crippen molar-refractivity contribution in [3.05, 3.63) is 59.8 Å². The number of carbonyl (C=O) groups excluding carboxylic acids is 1. The standard InChI is InChI=1S/C16H19N3O/c1-11-8-9-18-14(10-11)19-16(20)12(2)15(17)13-6-4-3-5-7-13/h3-10,12,15H,17H2,1-2H3,(H,18,19,20). The molecule has 0 aliphatic carbocycles. The van der Waals surface area contributed by atoms with Crippen LogP contribution in [0.1, 0.15) is 24.1 Å². The number of rotatable bonds is 4. The lowest BCUT2D eigenvalue weighted by Gasteiger charge is -2.19. The number of benzene rings is 1. The Labute approximate surface area is 119 Å². The zero-order valence-corrected chi connectivity index (χ0v) is 11.7. The molecule has 2 atom stereocenters. The largest absolute Gasteiger partial charge is 0.323 e. The number of hydrogen-bond acceptors (Lipinski definition) is 3. The highest BCUT2D eigenvalue weighted by atomic mass is 16.1. The maximum atomic E-state index is 12.2. The number of anilines is 1. The Bertz CT molecular complexity index is 583. The van der Waals surface area contributed by atoms with Gasteiger partial charge in [-0.1, -0.05) is 37.3 Å².